The minimum absolute atomic E-state index is 0.0234. The van der Waals surface area contributed by atoms with E-state index in [9.17, 15) is 4.79 Å². The summed E-state index contributed by atoms with van der Waals surface area (Å²) < 4.78 is 0. The number of carbonyl (C=O) groups excluding carboxylic acids is 1. The summed E-state index contributed by atoms with van der Waals surface area (Å²) in [6.07, 6.45) is 5.58. The van der Waals surface area contributed by atoms with E-state index in [0.29, 0.717) is 17.6 Å². The molecule has 5 heteroatoms. The van der Waals surface area contributed by atoms with Crippen LogP contribution in [0.1, 0.15) is 49.5 Å². The number of hydrazine groups is 1. The molecule has 1 aromatic rings. The molecule has 1 fully saturated rings. The van der Waals surface area contributed by atoms with Gasteiger partial charge in [0.25, 0.3) is 5.91 Å². The topological polar surface area (TPSA) is 71.2 Å². The highest BCUT2D eigenvalue weighted by Crippen LogP contribution is 2.22. The lowest BCUT2D eigenvalue weighted by atomic mass is 9.98. The Morgan fingerprint density at radius 1 is 1.53 bits per heavy atom. The molecule has 2 heterocycles. The molecule has 104 valence electrons. The summed E-state index contributed by atoms with van der Waals surface area (Å²) in [7, 11) is 0. The molecule has 1 atom stereocenters. The highest BCUT2D eigenvalue weighted by molar-refractivity contribution is 5.93. The summed E-state index contributed by atoms with van der Waals surface area (Å²) in [5.41, 5.74) is 2.95. The van der Waals surface area contributed by atoms with Crippen molar-refractivity contribution in [3.63, 3.8) is 0 Å². The maximum Gasteiger partial charge on any atom is 0.272 e. The van der Waals surface area contributed by atoms with Gasteiger partial charge in [0.15, 0.2) is 0 Å². The third kappa shape index (κ3) is 3.23. The fraction of sp³-hybridized carbons (Fsp3) is 0.571. The van der Waals surface area contributed by atoms with E-state index >= 15 is 0 Å². The highest BCUT2D eigenvalue weighted by atomic mass is 16.2. The first-order chi connectivity index (χ1) is 9.26. The first-order valence-electron chi connectivity index (χ1n) is 7.01. The van der Waals surface area contributed by atoms with Gasteiger partial charge in [-0.15, -0.1) is 0 Å². The lowest BCUT2D eigenvalue weighted by molar-refractivity contribution is 0.0595. The molecule has 0 bridgehead atoms. The molecule has 3 N–H and O–H groups in total. The number of nitrogens with zero attached hydrogens (tertiary/aromatic N) is 2. The number of hydrogen-bond donors (Lipinski definition) is 2. The number of carbonyl (C=O) groups is 1. The second-order valence-electron chi connectivity index (χ2n) is 4.99. The minimum atomic E-state index is 0.0234. The van der Waals surface area contributed by atoms with Crippen LogP contribution in [-0.4, -0.2) is 28.4 Å². The van der Waals surface area contributed by atoms with Gasteiger partial charge in [0.1, 0.15) is 11.5 Å². The number of pyridine rings is 1. The normalized spacial score (nSPS) is 19.3. The zero-order valence-corrected chi connectivity index (χ0v) is 11.4. The number of anilines is 1. The van der Waals surface area contributed by atoms with E-state index in [1.807, 2.05) is 4.90 Å². The quantitative estimate of drug-likeness (QED) is 0.644. The number of nitrogen functional groups attached to an aromatic ring is 1. The second-order valence-corrected chi connectivity index (χ2v) is 4.99. The fourth-order valence-electron chi connectivity index (χ4n) is 2.68. The highest BCUT2D eigenvalue weighted by Gasteiger charge is 2.27. The van der Waals surface area contributed by atoms with Crippen molar-refractivity contribution in [1.29, 1.82) is 0 Å². The predicted molar refractivity (Wildman–Crippen MR) is 75.6 cm³/mol. The molecule has 1 unspecified atom stereocenters. The Balaban J connectivity index is 2.16. The van der Waals surface area contributed by atoms with Crippen LogP contribution in [0.2, 0.25) is 0 Å². The number of nitrogens with one attached hydrogen (secondary N) is 1. The maximum atomic E-state index is 12.5. The van der Waals surface area contributed by atoms with Crippen molar-refractivity contribution in [2.45, 2.75) is 45.1 Å². The molecule has 1 saturated heterocycles. The smallest absolute Gasteiger partial charge is 0.272 e. The molecule has 19 heavy (non-hydrogen) atoms. The molecule has 0 saturated carbocycles. The number of likely N-dealkylation sites (tertiary alicyclic amines) is 1. The van der Waals surface area contributed by atoms with Crippen LogP contribution in [-0.2, 0) is 0 Å². The van der Waals surface area contributed by atoms with Crippen LogP contribution in [0, 0.1) is 0 Å². The summed E-state index contributed by atoms with van der Waals surface area (Å²) in [5.74, 6) is 5.88. The zero-order chi connectivity index (χ0) is 13.7. The number of aromatic nitrogens is 1. The Kier molecular flexibility index (Phi) is 4.74. The molecule has 0 radical (unpaired) electrons. The SMILES string of the molecule is CCCC1CCCCN1C(=O)c1cccc(NN)n1. The van der Waals surface area contributed by atoms with Gasteiger partial charge in [-0.1, -0.05) is 19.4 Å². The van der Waals surface area contributed by atoms with E-state index in [1.165, 1.54) is 6.42 Å². The molecule has 1 amide bonds. The number of rotatable bonds is 4. The Morgan fingerprint density at radius 2 is 2.37 bits per heavy atom. The van der Waals surface area contributed by atoms with Crippen molar-refractivity contribution in [2.24, 2.45) is 5.84 Å². The van der Waals surface area contributed by atoms with E-state index in [0.717, 1.165) is 32.2 Å². The van der Waals surface area contributed by atoms with E-state index in [-0.39, 0.29) is 5.91 Å². The van der Waals surface area contributed by atoms with Gasteiger partial charge in [0.2, 0.25) is 0 Å². The van der Waals surface area contributed by atoms with Gasteiger partial charge in [-0.3, -0.25) is 4.79 Å². The first kappa shape index (κ1) is 13.8. The van der Waals surface area contributed by atoms with Crippen LogP contribution in [0.5, 0.6) is 0 Å². The van der Waals surface area contributed by atoms with E-state index in [4.69, 9.17) is 5.84 Å². The van der Waals surface area contributed by atoms with Crippen LogP contribution in [0.15, 0.2) is 18.2 Å². The summed E-state index contributed by atoms with van der Waals surface area (Å²) in [5, 5.41) is 0. The molecule has 0 spiro atoms. The lowest BCUT2D eigenvalue weighted by Crippen LogP contribution is -2.44. The van der Waals surface area contributed by atoms with E-state index < -0.39 is 0 Å². The van der Waals surface area contributed by atoms with Gasteiger partial charge in [-0.05, 0) is 37.8 Å². The van der Waals surface area contributed by atoms with Crippen molar-refractivity contribution >= 4 is 11.7 Å². The monoisotopic (exact) mass is 262 g/mol. The van der Waals surface area contributed by atoms with Gasteiger partial charge >= 0.3 is 0 Å². The van der Waals surface area contributed by atoms with Crippen LogP contribution >= 0.6 is 0 Å². The molecule has 1 aliphatic heterocycles. The summed E-state index contributed by atoms with van der Waals surface area (Å²) in [4.78, 5) is 18.8. The summed E-state index contributed by atoms with van der Waals surface area (Å²) in [6.45, 7) is 3.00. The van der Waals surface area contributed by atoms with Crippen molar-refractivity contribution in [3.05, 3.63) is 23.9 Å². The van der Waals surface area contributed by atoms with Gasteiger partial charge < -0.3 is 10.3 Å². The largest absolute Gasteiger partial charge is 0.334 e. The summed E-state index contributed by atoms with van der Waals surface area (Å²) in [6, 6.07) is 5.66. The first-order valence-corrected chi connectivity index (χ1v) is 7.01. The second kappa shape index (κ2) is 6.52. The Bertz CT molecular complexity index is 433. The van der Waals surface area contributed by atoms with Crippen LogP contribution in [0.25, 0.3) is 0 Å². The maximum absolute atomic E-state index is 12.5. The Hall–Kier alpha value is -1.62. The Labute approximate surface area is 114 Å². The molecular formula is C14H22N4O. The minimum Gasteiger partial charge on any atom is -0.334 e. The number of piperidine rings is 1. The Morgan fingerprint density at radius 3 is 3.11 bits per heavy atom. The average molecular weight is 262 g/mol. The van der Waals surface area contributed by atoms with Crippen molar-refractivity contribution < 1.29 is 4.79 Å². The van der Waals surface area contributed by atoms with Crippen molar-refractivity contribution in [1.82, 2.24) is 9.88 Å². The van der Waals surface area contributed by atoms with Gasteiger partial charge in [-0.25, -0.2) is 10.8 Å². The zero-order valence-electron chi connectivity index (χ0n) is 11.4. The van der Waals surface area contributed by atoms with E-state index in [1.54, 1.807) is 18.2 Å². The van der Waals surface area contributed by atoms with Crippen molar-refractivity contribution in [3.8, 4) is 0 Å². The van der Waals surface area contributed by atoms with Crippen LogP contribution in [0.3, 0.4) is 0 Å². The number of nitrogens with two attached hydrogens (primary N) is 1. The number of amides is 1. The molecule has 0 aliphatic carbocycles. The standard InChI is InChI=1S/C14H22N4O/c1-2-6-11-7-3-4-10-18(11)14(19)12-8-5-9-13(16-12)17-15/h5,8-9,11H,2-4,6-7,10,15H2,1H3,(H,16,17). The van der Waals surface area contributed by atoms with Gasteiger partial charge in [-0.2, -0.15) is 0 Å². The molecular weight excluding hydrogens is 240 g/mol. The van der Waals surface area contributed by atoms with Crippen molar-refractivity contribution in [2.75, 3.05) is 12.0 Å². The van der Waals surface area contributed by atoms with Crippen LogP contribution in [0.4, 0.5) is 5.82 Å². The predicted octanol–water partition coefficient (Wildman–Crippen LogP) is 2.16. The van der Waals surface area contributed by atoms with E-state index in [2.05, 4.69) is 17.3 Å². The fourth-order valence-corrected chi connectivity index (χ4v) is 2.68. The molecule has 1 aliphatic rings. The third-order valence-electron chi connectivity index (χ3n) is 3.63. The molecule has 2 rings (SSSR count). The summed E-state index contributed by atoms with van der Waals surface area (Å²) >= 11 is 0. The van der Waals surface area contributed by atoms with Gasteiger partial charge in [0.05, 0.1) is 0 Å². The van der Waals surface area contributed by atoms with Crippen LogP contribution < -0.4 is 11.3 Å². The molecule has 1 aromatic heterocycles. The lowest BCUT2D eigenvalue weighted by Gasteiger charge is -2.35. The van der Waals surface area contributed by atoms with Gasteiger partial charge in [0, 0.05) is 12.6 Å². The number of hydrogen-bond acceptors (Lipinski definition) is 4. The third-order valence-corrected chi connectivity index (χ3v) is 3.63. The molecule has 0 aromatic carbocycles. The average Bonchev–Trinajstić information content (AvgIpc) is 2.47. The molecule has 5 nitrogen and oxygen atoms in total.